The van der Waals surface area contributed by atoms with Crippen LogP contribution in [-0.4, -0.2) is 60.9 Å². The smallest absolute Gasteiger partial charge is 0.277 e. The third kappa shape index (κ3) is 2.86. The van der Waals surface area contributed by atoms with Crippen LogP contribution in [-0.2, 0) is 14.3 Å². The molecular formula is C8H17N2O5+. The predicted octanol–water partition coefficient (Wildman–Crippen LogP) is -3.56. The fourth-order valence-electron chi connectivity index (χ4n) is 1.40. The van der Waals surface area contributed by atoms with Crippen molar-refractivity contribution in [3.8, 4) is 0 Å². The van der Waals surface area contributed by atoms with E-state index in [0.717, 1.165) is 0 Å². The lowest BCUT2D eigenvalue weighted by Gasteiger charge is -2.14. The van der Waals surface area contributed by atoms with Gasteiger partial charge in [0.15, 0.2) is 12.8 Å². The molecule has 1 saturated heterocycles. The standard InChI is InChI=1S/C8H16N2O5/c1-14-3-4-6(12)7(13)8(15-4)10-5(11)2-9/h4,6-8,12-13H,2-3,9H2,1H3,(H,10,11)/p+1/t4-,6?,7+,8-/m1/s1. The van der Waals surface area contributed by atoms with Gasteiger partial charge in [0.1, 0.15) is 18.3 Å². The van der Waals surface area contributed by atoms with Gasteiger partial charge in [-0.05, 0) is 0 Å². The lowest BCUT2D eigenvalue weighted by Crippen LogP contribution is -2.59. The molecule has 0 bridgehead atoms. The molecule has 7 heteroatoms. The maximum absolute atomic E-state index is 11.0. The van der Waals surface area contributed by atoms with E-state index in [0.29, 0.717) is 0 Å². The molecule has 6 N–H and O–H groups in total. The summed E-state index contributed by atoms with van der Waals surface area (Å²) in [4.78, 5) is 11.0. The third-order valence-corrected chi connectivity index (χ3v) is 2.22. The first kappa shape index (κ1) is 12.3. The summed E-state index contributed by atoms with van der Waals surface area (Å²) in [6.45, 7) is 0.215. The summed E-state index contributed by atoms with van der Waals surface area (Å²) in [6.07, 6.45) is -3.71. The van der Waals surface area contributed by atoms with Crippen LogP contribution in [0.25, 0.3) is 0 Å². The van der Waals surface area contributed by atoms with Crippen molar-refractivity contribution in [2.75, 3.05) is 20.3 Å². The predicted molar refractivity (Wildman–Crippen MR) is 48.4 cm³/mol. The van der Waals surface area contributed by atoms with E-state index < -0.39 is 24.5 Å². The zero-order chi connectivity index (χ0) is 11.4. The highest BCUT2D eigenvalue weighted by Gasteiger charge is 2.43. The number of hydrogen-bond donors (Lipinski definition) is 4. The van der Waals surface area contributed by atoms with Gasteiger partial charge in [0.25, 0.3) is 5.91 Å². The van der Waals surface area contributed by atoms with Crippen molar-refractivity contribution < 1.29 is 30.2 Å². The molecule has 0 saturated carbocycles. The summed E-state index contributed by atoms with van der Waals surface area (Å²) in [6, 6.07) is 0. The average Bonchev–Trinajstić information content (AvgIpc) is 2.47. The van der Waals surface area contributed by atoms with E-state index in [-0.39, 0.29) is 19.1 Å². The van der Waals surface area contributed by atoms with Crippen LogP contribution in [0.5, 0.6) is 0 Å². The average molecular weight is 221 g/mol. The molecule has 88 valence electrons. The molecule has 1 amide bonds. The maximum atomic E-state index is 11.0. The van der Waals surface area contributed by atoms with E-state index in [9.17, 15) is 15.0 Å². The van der Waals surface area contributed by atoms with Crippen molar-refractivity contribution in [2.45, 2.75) is 24.5 Å². The monoisotopic (exact) mass is 221 g/mol. The second-order valence-electron chi connectivity index (χ2n) is 3.35. The molecule has 1 aliphatic rings. The Morgan fingerprint density at radius 1 is 1.53 bits per heavy atom. The molecule has 0 aliphatic carbocycles. The van der Waals surface area contributed by atoms with Gasteiger partial charge in [-0.25, -0.2) is 0 Å². The Kier molecular flexibility index (Phi) is 4.43. The van der Waals surface area contributed by atoms with Crippen molar-refractivity contribution >= 4 is 5.91 Å². The Hall–Kier alpha value is -0.730. The van der Waals surface area contributed by atoms with Crippen molar-refractivity contribution in [1.82, 2.24) is 5.32 Å². The zero-order valence-electron chi connectivity index (χ0n) is 8.55. The van der Waals surface area contributed by atoms with Crippen LogP contribution in [0.4, 0.5) is 0 Å². The highest BCUT2D eigenvalue weighted by Crippen LogP contribution is 2.19. The second kappa shape index (κ2) is 5.38. The highest BCUT2D eigenvalue weighted by atomic mass is 16.6. The summed E-state index contributed by atoms with van der Waals surface area (Å²) in [5, 5.41) is 21.5. The van der Waals surface area contributed by atoms with Crippen molar-refractivity contribution in [3.05, 3.63) is 0 Å². The maximum Gasteiger partial charge on any atom is 0.277 e. The van der Waals surface area contributed by atoms with E-state index in [1.807, 2.05) is 0 Å². The Morgan fingerprint density at radius 3 is 2.73 bits per heavy atom. The van der Waals surface area contributed by atoms with Gasteiger partial charge < -0.3 is 30.7 Å². The van der Waals surface area contributed by atoms with Crippen LogP contribution >= 0.6 is 0 Å². The Labute approximate surface area is 87.2 Å². The topological polar surface area (TPSA) is 116 Å². The fourth-order valence-corrected chi connectivity index (χ4v) is 1.40. The summed E-state index contributed by atoms with van der Waals surface area (Å²) in [5.74, 6) is -0.343. The van der Waals surface area contributed by atoms with E-state index in [1.165, 1.54) is 7.11 Å². The van der Waals surface area contributed by atoms with E-state index in [2.05, 4.69) is 11.1 Å². The number of nitrogens with one attached hydrogen (secondary N) is 1. The summed E-state index contributed by atoms with van der Waals surface area (Å²) >= 11 is 0. The van der Waals surface area contributed by atoms with Crippen molar-refractivity contribution in [2.24, 2.45) is 0 Å². The van der Waals surface area contributed by atoms with Gasteiger partial charge in [-0.1, -0.05) is 0 Å². The number of aliphatic hydroxyl groups excluding tert-OH is 2. The van der Waals surface area contributed by atoms with Gasteiger partial charge in [0.05, 0.1) is 6.61 Å². The number of ether oxygens (including phenoxy) is 2. The molecule has 0 aromatic rings. The highest BCUT2D eigenvalue weighted by molar-refractivity contribution is 5.76. The molecule has 1 aliphatic heterocycles. The summed E-state index contributed by atoms with van der Waals surface area (Å²) in [5.41, 5.74) is 3.39. The summed E-state index contributed by atoms with van der Waals surface area (Å²) < 4.78 is 10.0. The van der Waals surface area contributed by atoms with Gasteiger partial charge in [-0.2, -0.15) is 0 Å². The van der Waals surface area contributed by atoms with Crippen LogP contribution in [0.3, 0.4) is 0 Å². The number of carbonyl (C=O) groups excluding carboxylic acids is 1. The second-order valence-corrected chi connectivity index (χ2v) is 3.35. The van der Waals surface area contributed by atoms with Gasteiger partial charge in [0, 0.05) is 7.11 Å². The SMILES string of the molecule is COC[C@H]1O[C@@H](NC(=O)C[NH3+])[C@@H](O)C1O. The Bertz CT molecular complexity index is 225. The first-order valence-corrected chi connectivity index (χ1v) is 4.69. The van der Waals surface area contributed by atoms with Crippen LogP contribution in [0.1, 0.15) is 0 Å². The number of methoxy groups -OCH3 is 1. The molecule has 0 radical (unpaired) electrons. The minimum Gasteiger partial charge on any atom is -0.387 e. The van der Waals surface area contributed by atoms with Crippen LogP contribution in [0.15, 0.2) is 0 Å². The molecule has 1 unspecified atom stereocenters. The van der Waals surface area contributed by atoms with E-state index in [1.54, 1.807) is 0 Å². The number of quaternary nitrogens is 1. The van der Waals surface area contributed by atoms with E-state index in [4.69, 9.17) is 9.47 Å². The third-order valence-electron chi connectivity index (χ3n) is 2.22. The number of rotatable bonds is 4. The molecule has 1 rings (SSSR count). The molecule has 0 aromatic heterocycles. The molecule has 1 heterocycles. The van der Waals surface area contributed by atoms with Crippen LogP contribution in [0, 0.1) is 0 Å². The quantitative estimate of drug-likeness (QED) is 0.392. The number of amides is 1. The van der Waals surface area contributed by atoms with E-state index >= 15 is 0 Å². The first-order valence-electron chi connectivity index (χ1n) is 4.69. The van der Waals surface area contributed by atoms with Gasteiger partial charge in [0.2, 0.25) is 0 Å². The molecule has 7 nitrogen and oxygen atoms in total. The number of aliphatic hydroxyl groups is 2. The number of carbonyl (C=O) groups is 1. The van der Waals surface area contributed by atoms with Gasteiger partial charge in [-0.3, -0.25) is 4.79 Å². The summed E-state index contributed by atoms with van der Waals surface area (Å²) in [7, 11) is 1.46. The number of hydrogen-bond acceptors (Lipinski definition) is 5. The molecule has 15 heavy (non-hydrogen) atoms. The first-order chi connectivity index (χ1) is 7.10. The molecule has 1 fully saturated rings. The van der Waals surface area contributed by atoms with Crippen LogP contribution < -0.4 is 11.1 Å². The van der Waals surface area contributed by atoms with Crippen molar-refractivity contribution in [1.29, 1.82) is 0 Å². The zero-order valence-corrected chi connectivity index (χ0v) is 8.55. The molecule has 4 atom stereocenters. The van der Waals surface area contributed by atoms with Gasteiger partial charge >= 0.3 is 0 Å². The lowest BCUT2D eigenvalue weighted by atomic mass is 10.1. The molecular weight excluding hydrogens is 204 g/mol. The molecule has 0 spiro atoms. The minimum atomic E-state index is -1.14. The largest absolute Gasteiger partial charge is 0.387 e. The fraction of sp³-hybridized carbons (Fsp3) is 0.875. The lowest BCUT2D eigenvalue weighted by molar-refractivity contribution is -0.355. The Morgan fingerprint density at radius 2 is 2.20 bits per heavy atom. The Balaban J connectivity index is 2.51. The van der Waals surface area contributed by atoms with Gasteiger partial charge in [-0.15, -0.1) is 0 Å². The van der Waals surface area contributed by atoms with Crippen LogP contribution in [0.2, 0.25) is 0 Å². The molecule has 0 aromatic carbocycles. The normalized spacial score (nSPS) is 35.5. The minimum absolute atomic E-state index is 0.0532. The van der Waals surface area contributed by atoms with Crippen molar-refractivity contribution in [3.63, 3.8) is 0 Å².